The van der Waals surface area contributed by atoms with E-state index in [0.717, 1.165) is 34.3 Å². The zero-order valence-electron chi connectivity index (χ0n) is 21.7. The van der Waals surface area contributed by atoms with Crippen molar-refractivity contribution in [3.8, 4) is 5.69 Å². The van der Waals surface area contributed by atoms with Crippen molar-refractivity contribution in [2.45, 2.75) is 44.8 Å². The maximum atomic E-state index is 13.5. The molecule has 0 saturated carbocycles. The molecular formula is C26H32FN7O2S. The topological polar surface area (TPSA) is 89.2 Å². The van der Waals surface area contributed by atoms with Gasteiger partial charge in [0.2, 0.25) is 5.03 Å². The Morgan fingerprint density at radius 3 is 2.46 bits per heavy atom. The van der Waals surface area contributed by atoms with Crippen LogP contribution in [0.15, 0.2) is 53.8 Å². The first-order valence-corrected chi connectivity index (χ1v) is 13.8. The fraction of sp³-hybridized carbons (Fsp3) is 0.423. The van der Waals surface area contributed by atoms with Crippen LogP contribution in [0.3, 0.4) is 0 Å². The van der Waals surface area contributed by atoms with E-state index in [9.17, 15) is 12.8 Å². The zero-order valence-corrected chi connectivity index (χ0v) is 22.5. The lowest BCUT2D eigenvalue weighted by molar-refractivity contribution is 0.0723. The molecule has 1 aliphatic heterocycles. The molecule has 0 spiro atoms. The Morgan fingerprint density at radius 1 is 1.08 bits per heavy atom. The summed E-state index contributed by atoms with van der Waals surface area (Å²) in [5.41, 5.74) is 3.80. The van der Waals surface area contributed by atoms with Crippen molar-refractivity contribution in [1.29, 1.82) is 0 Å². The summed E-state index contributed by atoms with van der Waals surface area (Å²) >= 11 is 0. The summed E-state index contributed by atoms with van der Waals surface area (Å²) in [5, 5.41) is 13.5. The van der Waals surface area contributed by atoms with Gasteiger partial charge < -0.3 is 0 Å². The highest BCUT2D eigenvalue weighted by Crippen LogP contribution is 2.35. The number of piperazine rings is 1. The van der Waals surface area contributed by atoms with E-state index in [4.69, 9.17) is 0 Å². The summed E-state index contributed by atoms with van der Waals surface area (Å²) in [6, 6.07) is 10.1. The lowest BCUT2D eigenvalue weighted by atomic mass is 9.94. The predicted octanol–water partition coefficient (Wildman–Crippen LogP) is 3.69. The van der Waals surface area contributed by atoms with Crippen LogP contribution in [0.25, 0.3) is 16.6 Å². The Labute approximate surface area is 216 Å². The highest BCUT2D eigenvalue weighted by atomic mass is 32.2. The number of benzene rings is 2. The molecule has 4 aromatic rings. The van der Waals surface area contributed by atoms with Gasteiger partial charge in [-0.05, 0) is 67.3 Å². The van der Waals surface area contributed by atoms with Gasteiger partial charge in [0, 0.05) is 44.2 Å². The van der Waals surface area contributed by atoms with E-state index >= 15 is 0 Å². The van der Waals surface area contributed by atoms with Gasteiger partial charge in [-0.3, -0.25) is 4.90 Å². The van der Waals surface area contributed by atoms with Gasteiger partial charge in [0.25, 0.3) is 10.0 Å². The van der Waals surface area contributed by atoms with Crippen LogP contribution in [-0.2, 0) is 17.1 Å². The molecule has 196 valence electrons. The highest BCUT2D eigenvalue weighted by Gasteiger charge is 2.41. The Balaban J connectivity index is 1.55. The molecule has 1 aliphatic rings. The Hall–Kier alpha value is -3.15. The van der Waals surface area contributed by atoms with Crippen molar-refractivity contribution >= 4 is 20.9 Å². The fourth-order valence-electron chi connectivity index (χ4n) is 5.23. The molecule has 9 nitrogen and oxygen atoms in total. The molecule has 2 aromatic carbocycles. The minimum Gasteiger partial charge on any atom is -0.293 e. The molecule has 2 unspecified atom stereocenters. The van der Waals surface area contributed by atoms with Crippen molar-refractivity contribution in [3.63, 3.8) is 0 Å². The molecule has 11 heteroatoms. The quantitative estimate of drug-likeness (QED) is 0.382. The summed E-state index contributed by atoms with van der Waals surface area (Å²) in [4.78, 5) is 3.65. The van der Waals surface area contributed by atoms with Gasteiger partial charge in [-0.1, -0.05) is 13.8 Å². The number of rotatable bonds is 6. The highest BCUT2D eigenvalue weighted by molar-refractivity contribution is 7.89. The van der Waals surface area contributed by atoms with Crippen LogP contribution in [0.1, 0.15) is 37.9 Å². The molecule has 0 amide bonds. The maximum absolute atomic E-state index is 13.5. The molecule has 2 aromatic heterocycles. The number of aryl methyl sites for hydroxylation is 2. The molecule has 1 fully saturated rings. The van der Waals surface area contributed by atoms with E-state index in [1.54, 1.807) is 34.4 Å². The van der Waals surface area contributed by atoms with Gasteiger partial charge in [-0.2, -0.15) is 19.3 Å². The van der Waals surface area contributed by atoms with Gasteiger partial charge >= 0.3 is 0 Å². The predicted molar refractivity (Wildman–Crippen MR) is 139 cm³/mol. The third-order valence-electron chi connectivity index (χ3n) is 6.92. The Kier molecular flexibility index (Phi) is 6.63. The molecule has 5 rings (SSSR count). The van der Waals surface area contributed by atoms with Crippen LogP contribution in [0, 0.1) is 18.7 Å². The van der Waals surface area contributed by atoms with Gasteiger partial charge in [0.05, 0.1) is 23.6 Å². The van der Waals surface area contributed by atoms with Crippen molar-refractivity contribution in [3.05, 3.63) is 65.7 Å². The summed E-state index contributed by atoms with van der Waals surface area (Å²) < 4.78 is 43.9. The zero-order chi connectivity index (χ0) is 26.5. The molecule has 0 aliphatic carbocycles. The van der Waals surface area contributed by atoms with E-state index in [1.165, 1.54) is 23.1 Å². The normalized spacial score (nSPS) is 19.8. The van der Waals surface area contributed by atoms with E-state index in [2.05, 4.69) is 46.2 Å². The molecule has 0 N–H and O–H groups in total. The van der Waals surface area contributed by atoms with Gasteiger partial charge in [-0.15, -0.1) is 5.10 Å². The Morgan fingerprint density at radius 2 is 1.81 bits per heavy atom. The van der Waals surface area contributed by atoms with Crippen LogP contribution in [0.5, 0.6) is 0 Å². The third-order valence-corrected chi connectivity index (χ3v) is 8.76. The molecule has 2 atom stereocenters. The number of sulfonamides is 1. The maximum Gasteiger partial charge on any atom is 0.264 e. The number of aromatic nitrogens is 5. The van der Waals surface area contributed by atoms with Crippen molar-refractivity contribution < 1.29 is 12.8 Å². The largest absolute Gasteiger partial charge is 0.293 e. The number of hydrogen-bond acceptors (Lipinski definition) is 6. The van der Waals surface area contributed by atoms with Gasteiger partial charge in [-0.25, -0.2) is 17.5 Å². The summed E-state index contributed by atoms with van der Waals surface area (Å²) in [5.74, 6) is 0.125. The standard InChI is InChI=1S/C26H32FN7O2S/c1-17(2)14-32-15-19(4)33(37(35,36)26-13-28-31(5)30-26)16-25(32)23-11-20-12-29-34(24(20)10-18(23)3)22-8-6-21(27)7-9-22/h6-13,17,19,25H,14-16H2,1-5H3. The summed E-state index contributed by atoms with van der Waals surface area (Å²) in [7, 11) is -2.20. The molecule has 37 heavy (non-hydrogen) atoms. The van der Waals surface area contributed by atoms with Gasteiger partial charge in [0.1, 0.15) is 5.82 Å². The SMILES string of the molecule is Cc1cc2c(cnn2-c2ccc(F)cc2)cc1C1CN(S(=O)(=O)c2cnn(C)n2)C(C)CN1CC(C)C. The first kappa shape index (κ1) is 25.5. The second-order valence-corrected chi connectivity index (χ2v) is 12.1. The molecule has 3 heterocycles. The molecule has 0 radical (unpaired) electrons. The molecule has 0 bridgehead atoms. The van der Waals surface area contributed by atoms with Crippen molar-refractivity contribution in [1.82, 2.24) is 34.0 Å². The van der Waals surface area contributed by atoms with Crippen LogP contribution in [0.2, 0.25) is 0 Å². The first-order valence-electron chi connectivity index (χ1n) is 12.4. The number of fused-ring (bicyclic) bond motifs is 1. The van der Waals surface area contributed by atoms with Crippen molar-refractivity contribution in [2.24, 2.45) is 13.0 Å². The smallest absolute Gasteiger partial charge is 0.264 e. The number of nitrogens with zero attached hydrogens (tertiary/aromatic N) is 7. The van der Waals surface area contributed by atoms with Crippen LogP contribution >= 0.6 is 0 Å². The molecule has 1 saturated heterocycles. The lowest BCUT2D eigenvalue weighted by Gasteiger charge is -2.45. The minimum absolute atomic E-state index is 0.0364. The number of hydrogen-bond donors (Lipinski definition) is 0. The second-order valence-electron chi connectivity index (χ2n) is 10.3. The lowest BCUT2D eigenvalue weighted by Crippen LogP contribution is -2.55. The third kappa shape index (κ3) is 4.78. The van der Waals surface area contributed by atoms with Gasteiger partial charge in [0.15, 0.2) is 0 Å². The monoisotopic (exact) mass is 525 g/mol. The second kappa shape index (κ2) is 9.62. The average Bonchev–Trinajstić information content (AvgIpc) is 3.45. The summed E-state index contributed by atoms with van der Waals surface area (Å²) in [6.07, 6.45) is 3.10. The van der Waals surface area contributed by atoms with Crippen LogP contribution in [0.4, 0.5) is 4.39 Å². The van der Waals surface area contributed by atoms with E-state index in [1.807, 2.05) is 13.8 Å². The Bertz CT molecular complexity index is 1530. The number of halogens is 1. The van der Waals surface area contributed by atoms with E-state index < -0.39 is 10.0 Å². The van der Waals surface area contributed by atoms with Crippen LogP contribution < -0.4 is 0 Å². The first-order chi connectivity index (χ1) is 17.5. The molecular weight excluding hydrogens is 493 g/mol. The van der Waals surface area contributed by atoms with Crippen LogP contribution in [-0.4, -0.2) is 68.1 Å². The van der Waals surface area contributed by atoms with E-state index in [-0.39, 0.29) is 22.9 Å². The van der Waals surface area contributed by atoms with Crippen molar-refractivity contribution in [2.75, 3.05) is 19.6 Å². The minimum atomic E-state index is -3.81. The van der Waals surface area contributed by atoms with E-state index in [0.29, 0.717) is 19.0 Å². The summed E-state index contributed by atoms with van der Waals surface area (Å²) in [6.45, 7) is 10.1. The average molecular weight is 526 g/mol. The fourth-order valence-corrected chi connectivity index (χ4v) is 6.75.